The van der Waals surface area contributed by atoms with E-state index in [1.807, 2.05) is 0 Å². The maximum absolute atomic E-state index is 12.1. The smallest absolute Gasteiger partial charge is 0.303 e. The van der Waals surface area contributed by atoms with Crippen LogP contribution in [-0.2, 0) is 27.3 Å². The lowest BCUT2D eigenvalue weighted by Gasteiger charge is -2.27. The van der Waals surface area contributed by atoms with Gasteiger partial charge < -0.3 is 19.7 Å². The van der Waals surface area contributed by atoms with Gasteiger partial charge in [0.1, 0.15) is 5.75 Å². The van der Waals surface area contributed by atoms with Crippen LogP contribution in [0, 0.1) is 0 Å². The maximum atomic E-state index is 12.1. The minimum Gasteiger partial charge on any atom is -0.507 e. The maximum Gasteiger partial charge on any atom is 0.303 e. The van der Waals surface area contributed by atoms with Gasteiger partial charge in [0, 0.05) is 49.1 Å². The number of carbonyl (C=O) groups is 2. The molecule has 0 radical (unpaired) electrons. The fraction of sp³-hybridized carbons (Fsp3) is 0.333. The van der Waals surface area contributed by atoms with Crippen LogP contribution in [0.3, 0.4) is 0 Å². The first-order valence-corrected chi connectivity index (χ1v) is 7.75. The topological polar surface area (TPSA) is 82.6 Å². The van der Waals surface area contributed by atoms with E-state index in [0.717, 1.165) is 11.3 Å². The van der Waals surface area contributed by atoms with Crippen molar-refractivity contribution in [1.29, 1.82) is 0 Å². The number of halogens is 2. The quantitative estimate of drug-likeness (QED) is 0.810. The zero-order chi connectivity index (χ0) is 16.7. The molecule has 0 saturated carbocycles. The van der Waals surface area contributed by atoms with Crippen LogP contribution >= 0.6 is 23.2 Å². The molecular weight excluding hydrogens is 343 g/mol. The molecule has 1 aromatic carbocycles. The molecule has 2 N–H and O–H groups in total. The number of hydrogen-bond donors (Lipinski definition) is 2. The molecule has 1 aliphatic heterocycles. The molecule has 0 unspecified atom stereocenters. The molecule has 2 heterocycles. The fourth-order valence-corrected chi connectivity index (χ4v) is 3.18. The van der Waals surface area contributed by atoms with Crippen molar-refractivity contribution in [2.24, 2.45) is 0 Å². The first-order valence-electron chi connectivity index (χ1n) is 7.00. The number of H-pyrrole nitrogens is 1. The molecule has 3 rings (SSSR count). The van der Waals surface area contributed by atoms with Crippen LogP contribution in [0.2, 0.25) is 10.0 Å². The summed E-state index contributed by atoms with van der Waals surface area (Å²) in [7, 11) is 0. The van der Waals surface area contributed by atoms with Gasteiger partial charge in [0.05, 0.1) is 15.6 Å². The predicted octanol–water partition coefficient (Wildman–Crippen LogP) is 2.63. The summed E-state index contributed by atoms with van der Waals surface area (Å²) in [5.74, 6) is -0.761. The summed E-state index contributed by atoms with van der Waals surface area (Å²) in [5, 5.41) is 11.4. The standard InChI is InChI=1S/C15H14Cl2N2O4/c1-7(20)23-6-12(22)19-3-2-10-8(5-19)13-11(21)4-9(16)14(17)15(13)18-10/h4,18,21H,2-3,5-6H2,1H3. The minimum absolute atomic E-state index is 0.0150. The Morgan fingerprint density at radius 2 is 2.17 bits per heavy atom. The average molecular weight is 357 g/mol. The number of phenolic OH excluding ortho intramolecular Hbond substituents is 1. The number of benzene rings is 1. The van der Waals surface area contributed by atoms with Gasteiger partial charge in [-0.3, -0.25) is 9.59 Å². The van der Waals surface area contributed by atoms with Crippen LogP contribution in [-0.4, -0.2) is 40.0 Å². The molecule has 6 nitrogen and oxygen atoms in total. The first kappa shape index (κ1) is 16.0. The highest BCUT2D eigenvalue weighted by atomic mass is 35.5. The molecule has 0 aliphatic carbocycles. The van der Waals surface area contributed by atoms with Crippen LogP contribution in [0.1, 0.15) is 18.2 Å². The predicted molar refractivity (Wildman–Crippen MR) is 85.7 cm³/mol. The molecule has 1 aromatic heterocycles. The van der Waals surface area contributed by atoms with Crippen LogP contribution < -0.4 is 0 Å². The van der Waals surface area contributed by atoms with Crippen LogP contribution in [0.4, 0.5) is 0 Å². The number of aromatic amines is 1. The van der Waals surface area contributed by atoms with E-state index in [2.05, 4.69) is 4.98 Å². The van der Waals surface area contributed by atoms with E-state index in [0.29, 0.717) is 35.4 Å². The van der Waals surface area contributed by atoms with Gasteiger partial charge >= 0.3 is 5.97 Å². The summed E-state index contributed by atoms with van der Waals surface area (Å²) in [4.78, 5) is 27.7. The minimum atomic E-state index is -0.498. The van der Waals surface area contributed by atoms with Crippen molar-refractivity contribution >= 4 is 46.0 Å². The fourth-order valence-electron chi connectivity index (χ4n) is 2.78. The number of aromatic hydroxyl groups is 1. The van der Waals surface area contributed by atoms with Crippen molar-refractivity contribution in [3.63, 3.8) is 0 Å². The van der Waals surface area contributed by atoms with E-state index in [1.165, 1.54) is 13.0 Å². The number of hydrogen-bond acceptors (Lipinski definition) is 4. The number of nitrogens with zero attached hydrogens (tertiary/aromatic N) is 1. The Bertz CT molecular complexity index is 816. The largest absolute Gasteiger partial charge is 0.507 e. The van der Waals surface area contributed by atoms with Crippen molar-refractivity contribution in [1.82, 2.24) is 9.88 Å². The highest BCUT2D eigenvalue weighted by Gasteiger charge is 2.27. The van der Waals surface area contributed by atoms with Crippen LogP contribution in [0.25, 0.3) is 10.9 Å². The molecule has 1 amide bonds. The Balaban J connectivity index is 1.94. The molecular formula is C15H14Cl2N2O4. The second kappa shape index (κ2) is 5.94. The summed E-state index contributed by atoms with van der Waals surface area (Å²) in [5.41, 5.74) is 2.28. The lowest BCUT2D eigenvalue weighted by molar-refractivity contribution is -0.150. The normalized spacial score (nSPS) is 14.0. The summed E-state index contributed by atoms with van der Waals surface area (Å²) < 4.78 is 4.75. The number of phenols is 1. The number of esters is 1. The number of carbonyl (C=O) groups excluding carboxylic acids is 2. The number of ether oxygens (including phenoxy) is 1. The Morgan fingerprint density at radius 1 is 1.43 bits per heavy atom. The monoisotopic (exact) mass is 356 g/mol. The Morgan fingerprint density at radius 3 is 2.87 bits per heavy atom. The summed E-state index contributed by atoms with van der Waals surface area (Å²) in [6.45, 7) is 1.77. The van der Waals surface area contributed by atoms with Crippen LogP contribution in [0.5, 0.6) is 5.75 Å². The second-order valence-electron chi connectivity index (χ2n) is 5.37. The molecule has 0 bridgehead atoms. The highest BCUT2D eigenvalue weighted by Crippen LogP contribution is 2.41. The van der Waals surface area contributed by atoms with Crippen molar-refractivity contribution < 1.29 is 19.4 Å². The van der Waals surface area contributed by atoms with Gasteiger partial charge in [-0.1, -0.05) is 23.2 Å². The molecule has 0 fully saturated rings. The van der Waals surface area contributed by atoms with Crippen molar-refractivity contribution in [2.45, 2.75) is 19.9 Å². The van der Waals surface area contributed by atoms with Crippen molar-refractivity contribution in [3.05, 3.63) is 27.4 Å². The van der Waals surface area contributed by atoms with E-state index < -0.39 is 5.97 Å². The number of aromatic nitrogens is 1. The third-order valence-electron chi connectivity index (χ3n) is 3.87. The molecule has 122 valence electrons. The summed E-state index contributed by atoms with van der Waals surface area (Å²) >= 11 is 12.2. The van der Waals surface area contributed by atoms with Gasteiger partial charge in [0.15, 0.2) is 6.61 Å². The molecule has 0 atom stereocenters. The number of amides is 1. The Hall–Kier alpha value is -1.92. The number of rotatable bonds is 2. The third-order valence-corrected chi connectivity index (χ3v) is 4.66. The molecule has 0 spiro atoms. The van der Waals surface area contributed by atoms with Gasteiger partial charge in [-0.15, -0.1) is 0 Å². The lowest BCUT2D eigenvalue weighted by Crippen LogP contribution is -2.38. The number of nitrogens with one attached hydrogen (secondary N) is 1. The SMILES string of the molecule is CC(=O)OCC(=O)N1CCc2[nH]c3c(Cl)c(Cl)cc(O)c3c2C1. The molecule has 8 heteroatoms. The lowest BCUT2D eigenvalue weighted by atomic mass is 10.0. The molecule has 1 aliphatic rings. The van der Waals surface area contributed by atoms with Crippen LogP contribution in [0.15, 0.2) is 6.07 Å². The van der Waals surface area contributed by atoms with Crippen molar-refractivity contribution in [2.75, 3.05) is 13.2 Å². The van der Waals surface area contributed by atoms with Gasteiger partial charge in [-0.25, -0.2) is 0 Å². The van der Waals surface area contributed by atoms with Gasteiger partial charge in [0.25, 0.3) is 5.91 Å². The molecule has 23 heavy (non-hydrogen) atoms. The van der Waals surface area contributed by atoms with Gasteiger partial charge in [0.2, 0.25) is 0 Å². The molecule has 2 aromatic rings. The van der Waals surface area contributed by atoms with Gasteiger partial charge in [-0.2, -0.15) is 0 Å². The zero-order valence-corrected chi connectivity index (χ0v) is 13.8. The summed E-state index contributed by atoms with van der Waals surface area (Å²) in [6, 6.07) is 1.39. The number of fused-ring (bicyclic) bond motifs is 3. The summed E-state index contributed by atoms with van der Waals surface area (Å²) in [6.07, 6.45) is 0.587. The molecule has 0 saturated heterocycles. The van der Waals surface area contributed by atoms with E-state index in [4.69, 9.17) is 27.9 Å². The van der Waals surface area contributed by atoms with E-state index in [1.54, 1.807) is 4.90 Å². The zero-order valence-electron chi connectivity index (χ0n) is 12.3. The highest BCUT2D eigenvalue weighted by molar-refractivity contribution is 6.45. The van der Waals surface area contributed by atoms with E-state index >= 15 is 0 Å². The Kier molecular flexibility index (Phi) is 4.12. The average Bonchev–Trinajstić information content (AvgIpc) is 2.89. The Labute approximate surface area is 141 Å². The van der Waals surface area contributed by atoms with Crippen molar-refractivity contribution in [3.8, 4) is 5.75 Å². The second-order valence-corrected chi connectivity index (χ2v) is 6.15. The van der Waals surface area contributed by atoms with E-state index in [-0.39, 0.29) is 23.3 Å². The van der Waals surface area contributed by atoms with Gasteiger partial charge in [-0.05, 0) is 0 Å². The first-order chi connectivity index (χ1) is 10.9. The van der Waals surface area contributed by atoms with E-state index in [9.17, 15) is 14.7 Å². The third kappa shape index (κ3) is 2.84.